The minimum Gasteiger partial charge on any atom is -0.409 e. The zero-order chi connectivity index (χ0) is 13.7. The highest BCUT2D eigenvalue weighted by Crippen LogP contribution is 2.17. The van der Waals surface area contributed by atoms with Crippen molar-refractivity contribution in [3.8, 4) is 0 Å². The van der Waals surface area contributed by atoms with E-state index in [4.69, 9.17) is 22.5 Å². The summed E-state index contributed by atoms with van der Waals surface area (Å²) in [7, 11) is 1.91. The number of hydrogen-bond donors (Lipinski definition) is 2. The number of oxime groups is 1. The summed E-state index contributed by atoms with van der Waals surface area (Å²) < 4.78 is 13.0. The Labute approximate surface area is 111 Å². The normalized spacial score (nSPS) is 13.9. The molecule has 0 bridgehead atoms. The van der Waals surface area contributed by atoms with Gasteiger partial charge in [-0.15, -0.1) is 0 Å². The second-order valence-corrected chi connectivity index (χ2v) is 4.72. The van der Waals surface area contributed by atoms with Gasteiger partial charge in [-0.25, -0.2) is 4.39 Å². The van der Waals surface area contributed by atoms with Crippen molar-refractivity contribution in [2.45, 2.75) is 25.9 Å². The van der Waals surface area contributed by atoms with Gasteiger partial charge in [-0.1, -0.05) is 22.8 Å². The molecule has 0 aliphatic heterocycles. The molecule has 0 saturated carbocycles. The zero-order valence-electron chi connectivity index (χ0n) is 10.4. The topological polar surface area (TPSA) is 61.9 Å². The van der Waals surface area contributed by atoms with Crippen LogP contribution < -0.4 is 5.73 Å². The summed E-state index contributed by atoms with van der Waals surface area (Å²) in [6.45, 7) is 2.57. The average molecular weight is 274 g/mol. The standard InChI is InChI=1S/C12H17ClFN3O/c1-8(5-12(15)16-18)17(2)7-9-3-4-11(14)10(13)6-9/h3-4,6,8,18H,5,7H2,1-2H3,(H2,15,16). The molecule has 6 heteroatoms. The third-order valence-electron chi connectivity index (χ3n) is 2.80. The molecule has 1 rings (SSSR count). The van der Waals surface area contributed by atoms with E-state index >= 15 is 0 Å². The van der Waals surface area contributed by atoms with Crippen molar-refractivity contribution in [1.82, 2.24) is 4.90 Å². The van der Waals surface area contributed by atoms with Crippen LogP contribution in [-0.4, -0.2) is 29.0 Å². The highest BCUT2D eigenvalue weighted by molar-refractivity contribution is 6.30. The number of rotatable bonds is 5. The molecule has 0 aliphatic carbocycles. The third-order valence-corrected chi connectivity index (χ3v) is 3.09. The summed E-state index contributed by atoms with van der Waals surface area (Å²) >= 11 is 5.72. The monoisotopic (exact) mass is 273 g/mol. The van der Waals surface area contributed by atoms with Gasteiger partial charge in [0, 0.05) is 19.0 Å². The smallest absolute Gasteiger partial charge is 0.141 e. The van der Waals surface area contributed by atoms with E-state index in [2.05, 4.69) is 5.16 Å². The van der Waals surface area contributed by atoms with Gasteiger partial charge in [-0.2, -0.15) is 0 Å². The van der Waals surface area contributed by atoms with E-state index in [1.54, 1.807) is 12.1 Å². The van der Waals surface area contributed by atoms with Crippen LogP contribution in [0.1, 0.15) is 18.9 Å². The number of nitrogens with two attached hydrogens (primary N) is 1. The molecule has 0 fully saturated rings. The van der Waals surface area contributed by atoms with E-state index in [0.29, 0.717) is 13.0 Å². The molecule has 3 N–H and O–H groups in total. The van der Waals surface area contributed by atoms with Crippen LogP contribution in [0, 0.1) is 5.82 Å². The predicted octanol–water partition coefficient (Wildman–Crippen LogP) is 2.44. The number of benzene rings is 1. The molecule has 18 heavy (non-hydrogen) atoms. The minimum absolute atomic E-state index is 0.102. The largest absolute Gasteiger partial charge is 0.409 e. The Morgan fingerprint density at radius 1 is 1.61 bits per heavy atom. The van der Waals surface area contributed by atoms with Crippen molar-refractivity contribution in [1.29, 1.82) is 0 Å². The molecule has 0 amide bonds. The molecule has 100 valence electrons. The van der Waals surface area contributed by atoms with Gasteiger partial charge in [0.1, 0.15) is 11.7 Å². The molecule has 0 heterocycles. The lowest BCUT2D eigenvalue weighted by Gasteiger charge is -2.24. The molecule has 1 aromatic rings. The van der Waals surface area contributed by atoms with Crippen molar-refractivity contribution >= 4 is 17.4 Å². The molecule has 0 radical (unpaired) electrons. The first-order valence-corrected chi connectivity index (χ1v) is 5.92. The summed E-state index contributed by atoms with van der Waals surface area (Å²) in [5.41, 5.74) is 6.36. The molecule has 0 aliphatic rings. The molecule has 0 saturated heterocycles. The van der Waals surface area contributed by atoms with E-state index < -0.39 is 5.82 Å². The second kappa shape index (κ2) is 6.56. The Morgan fingerprint density at radius 3 is 2.83 bits per heavy atom. The fraction of sp³-hybridized carbons (Fsp3) is 0.417. The first kappa shape index (κ1) is 14.7. The third kappa shape index (κ3) is 4.16. The average Bonchev–Trinajstić information content (AvgIpc) is 2.33. The quantitative estimate of drug-likeness (QED) is 0.375. The van der Waals surface area contributed by atoms with E-state index in [9.17, 15) is 4.39 Å². The molecule has 0 aromatic heterocycles. The van der Waals surface area contributed by atoms with Crippen LogP contribution in [0.5, 0.6) is 0 Å². The highest BCUT2D eigenvalue weighted by Gasteiger charge is 2.12. The maximum atomic E-state index is 13.0. The summed E-state index contributed by atoms with van der Waals surface area (Å²) in [5, 5.41) is 11.6. The van der Waals surface area contributed by atoms with Gasteiger partial charge in [-0.05, 0) is 31.7 Å². The second-order valence-electron chi connectivity index (χ2n) is 4.31. The summed E-state index contributed by atoms with van der Waals surface area (Å²) in [6, 6.07) is 4.74. The fourth-order valence-corrected chi connectivity index (χ4v) is 1.78. The lowest BCUT2D eigenvalue weighted by atomic mass is 10.1. The van der Waals surface area contributed by atoms with Gasteiger partial charge < -0.3 is 10.9 Å². The number of amidine groups is 1. The Balaban J connectivity index is 2.63. The number of halogens is 2. The van der Waals surface area contributed by atoms with E-state index in [1.807, 2.05) is 18.9 Å². The Morgan fingerprint density at radius 2 is 2.28 bits per heavy atom. The van der Waals surface area contributed by atoms with Gasteiger partial charge in [0.2, 0.25) is 0 Å². The molecule has 1 aromatic carbocycles. The van der Waals surface area contributed by atoms with Crippen molar-refractivity contribution in [2.24, 2.45) is 10.9 Å². The van der Waals surface area contributed by atoms with Crippen molar-refractivity contribution in [2.75, 3.05) is 7.05 Å². The molecule has 1 atom stereocenters. The van der Waals surface area contributed by atoms with E-state index in [0.717, 1.165) is 5.56 Å². The first-order chi connectivity index (χ1) is 8.43. The van der Waals surface area contributed by atoms with Gasteiger partial charge in [-0.3, -0.25) is 4.90 Å². The maximum Gasteiger partial charge on any atom is 0.141 e. The van der Waals surface area contributed by atoms with Crippen LogP contribution in [0.15, 0.2) is 23.4 Å². The lowest BCUT2D eigenvalue weighted by Crippen LogP contribution is -2.32. The van der Waals surface area contributed by atoms with Crippen LogP contribution in [0.3, 0.4) is 0 Å². The van der Waals surface area contributed by atoms with Gasteiger partial charge in [0.05, 0.1) is 5.02 Å². The molecule has 1 unspecified atom stereocenters. The SMILES string of the molecule is CC(C/C(N)=N/O)N(C)Cc1ccc(F)c(Cl)c1. The van der Waals surface area contributed by atoms with Crippen LogP contribution in [-0.2, 0) is 6.54 Å². The molecule has 0 spiro atoms. The predicted molar refractivity (Wildman–Crippen MR) is 70.4 cm³/mol. The zero-order valence-corrected chi connectivity index (χ0v) is 11.2. The minimum atomic E-state index is -0.423. The summed E-state index contributed by atoms with van der Waals surface area (Å²) in [4.78, 5) is 2.02. The van der Waals surface area contributed by atoms with Crippen LogP contribution >= 0.6 is 11.6 Å². The van der Waals surface area contributed by atoms with Gasteiger partial charge >= 0.3 is 0 Å². The summed E-state index contributed by atoms with van der Waals surface area (Å²) in [6.07, 6.45) is 0.460. The molecule has 4 nitrogen and oxygen atoms in total. The van der Waals surface area contributed by atoms with Crippen molar-refractivity contribution in [3.63, 3.8) is 0 Å². The molecular formula is C12H17ClFN3O. The van der Waals surface area contributed by atoms with E-state index in [-0.39, 0.29) is 16.9 Å². The van der Waals surface area contributed by atoms with Gasteiger partial charge in [0.25, 0.3) is 0 Å². The van der Waals surface area contributed by atoms with Crippen LogP contribution in [0.4, 0.5) is 4.39 Å². The van der Waals surface area contributed by atoms with Crippen LogP contribution in [0.25, 0.3) is 0 Å². The Kier molecular flexibility index (Phi) is 5.37. The van der Waals surface area contributed by atoms with Crippen molar-refractivity contribution < 1.29 is 9.60 Å². The van der Waals surface area contributed by atoms with E-state index in [1.165, 1.54) is 6.07 Å². The number of nitrogens with zero attached hydrogens (tertiary/aromatic N) is 2. The van der Waals surface area contributed by atoms with Crippen LogP contribution in [0.2, 0.25) is 5.02 Å². The molecular weight excluding hydrogens is 257 g/mol. The lowest BCUT2D eigenvalue weighted by molar-refractivity contribution is 0.251. The Bertz CT molecular complexity index is 439. The number of hydrogen-bond acceptors (Lipinski definition) is 3. The summed E-state index contributed by atoms with van der Waals surface area (Å²) in [5.74, 6) is -0.237. The Hall–Kier alpha value is -1.33. The first-order valence-electron chi connectivity index (χ1n) is 5.54. The highest BCUT2D eigenvalue weighted by atomic mass is 35.5. The van der Waals surface area contributed by atoms with Gasteiger partial charge in [0.15, 0.2) is 0 Å². The van der Waals surface area contributed by atoms with Crippen molar-refractivity contribution in [3.05, 3.63) is 34.6 Å². The fourth-order valence-electron chi connectivity index (χ4n) is 1.58. The maximum absolute atomic E-state index is 13.0.